The first-order chi connectivity index (χ1) is 9.75. The Kier molecular flexibility index (Phi) is 6.13. The number of nitrogens with zero attached hydrogens (tertiary/aromatic N) is 2. The predicted molar refractivity (Wildman–Crippen MR) is 82.9 cm³/mol. The summed E-state index contributed by atoms with van der Waals surface area (Å²) < 4.78 is 26.1. The van der Waals surface area contributed by atoms with Crippen LogP contribution in [0.1, 0.15) is 5.56 Å². The van der Waals surface area contributed by atoms with E-state index in [4.69, 9.17) is 11.6 Å². The van der Waals surface area contributed by atoms with Crippen molar-refractivity contribution in [3.63, 3.8) is 0 Å². The van der Waals surface area contributed by atoms with Crippen LogP contribution in [-0.4, -0.2) is 48.6 Å². The number of sulfonamides is 1. The van der Waals surface area contributed by atoms with Crippen LogP contribution >= 0.6 is 24.0 Å². The molecule has 1 aromatic carbocycles. The SMILES string of the molecule is Cc1cc(Cl)cc([N+](=O)[O-])c1S(=O)(=O)N1CCNCC1O.Cl. The highest BCUT2D eigenvalue weighted by Gasteiger charge is 2.38. The zero-order chi connectivity index (χ0) is 15.8. The number of hydrogen-bond donors (Lipinski definition) is 2. The van der Waals surface area contributed by atoms with Gasteiger partial charge in [-0.25, -0.2) is 8.42 Å². The molecule has 0 radical (unpaired) electrons. The first kappa shape index (κ1) is 19.1. The topological polar surface area (TPSA) is 113 Å². The number of aliphatic hydroxyl groups excluding tert-OH is 1. The van der Waals surface area contributed by atoms with Gasteiger partial charge in [-0.3, -0.25) is 10.1 Å². The highest BCUT2D eigenvalue weighted by Crippen LogP contribution is 2.33. The van der Waals surface area contributed by atoms with Gasteiger partial charge in [-0.1, -0.05) is 11.6 Å². The molecule has 1 unspecified atom stereocenters. The Bertz CT molecular complexity index is 683. The molecule has 1 atom stereocenters. The Morgan fingerprint density at radius 2 is 2.14 bits per heavy atom. The minimum atomic E-state index is -4.19. The number of aliphatic hydroxyl groups is 1. The van der Waals surface area contributed by atoms with Crippen molar-refractivity contribution >= 4 is 39.7 Å². The third-order valence-electron chi connectivity index (χ3n) is 3.15. The maximum Gasteiger partial charge on any atom is 0.291 e. The van der Waals surface area contributed by atoms with E-state index in [0.29, 0.717) is 6.54 Å². The molecule has 0 aromatic heterocycles. The molecule has 1 heterocycles. The largest absolute Gasteiger partial charge is 0.376 e. The molecule has 1 fully saturated rings. The number of nitro benzene ring substituents is 1. The highest BCUT2D eigenvalue weighted by molar-refractivity contribution is 7.89. The standard InChI is InChI=1S/C11H14ClN3O5S.ClH/c1-7-4-8(12)5-9(15(17)18)11(7)21(19,20)14-3-2-13-6-10(14)16;/h4-5,10,13,16H,2-3,6H2,1H3;1H. The molecule has 1 aliphatic heterocycles. The van der Waals surface area contributed by atoms with E-state index in [2.05, 4.69) is 5.32 Å². The molecule has 0 bridgehead atoms. The number of β-amino-alcohol motifs (C(OH)–C–C–N with tert-alkyl or cyclic N) is 1. The number of aryl methyl sites for hydroxylation is 1. The maximum absolute atomic E-state index is 12.6. The van der Waals surface area contributed by atoms with Crippen LogP contribution in [0.25, 0.3) is 0 Å². The van der Waals surface area contributed by atoms with E-state index in [0.717, 1.165) is 10.4 Å². The average Bonchev–Trinajstić information content (AvgIpc) is 2.37. The van der Waals surface area contributed by atoms with Crippen LogP contribution in [0.5, 0.6) is 0 Å². The molecule has 1 aliphatic rings. The molecule has 11 heteroatoms. The van der Waals surface area contributed by atoms with Gasteiger partial charge in [0.2, 0.25) is 0 Å². The van der Waals surface area contributed by atoms with E-state index in [-0.39, 0.29) is 36.1 Å². The van der Waals surface area contributed by atoms with Crippen LogP contribution < -0.4 is 5.32 Å². The molecule has 8 nitrogen and oxygen atoms in total. The van der Waals surface area contributed by atoms with E-state index in [1.165, 1.54) is 13.0 Å². The first-order valence-electron chi connectivity index (χ1n) is 6.10. The summed E-state index contributed by atoms with van der Waals surface area (Å²) >= 11 is 5.76. The molecule has 0 spiro atoms. The van der Waals surface area contributed by atoms with E-state index in [9.17, 15) is 23.6 Å². The second-order valence-electron chi connectivity index (χ2n) is 4.63. The van der Waals surface area contributed by atoms with Crippen molar-refractivity contribution in [1.82, 2.24) is 9.62 Å². The lowest BCUT2D eigenvalue weighted by Crippen LogP contribution is -2.53. The van der Waals surface area contributed by atoms with Crippen LogP contribution in [0.3, 0.4) is 0 Å². The third kappa shape index (κ3) is 3.50. The summed E-state index contributed by atoms with van der Waals surface area (Å²) in [4.78, 5) is 9.90. The summed E-state index contributed by atoms with van der Waals surface area (Å²) in [5.74, 6) is 0. The Morgan fingerprint density at radius 3 is 2.68 bits per heavy atom. The van der Waals surface area contributed by atoms with Gasteiger partial charge in [-0.05, 0) is 18.6 Å². The minimum Gasteiger partial charge on any atom is -0.376 e. The molecule has 2 N–H and O–H groups in total. The van der Waals surface area contributed by atoms with Crippen molar-refractivity contribution in [1.29, 1.82) is 0 Å². The van der Waals surface area contributed by atoms with Crippen molar-refractivity contribution in [3.8, 4) is 0 Å². The lowest BCUT2D eigenvalue weighted by Gasteiger charge is -2.31. The summed E-state index contributed by atoms with van der Waals surface area (Å²) in [5.41, 5.74) is -0.425. The fourth-order valence-electron chi connectivity index (χ4n) is 2.25. The summed E-state index contributed by atoms with van der Waals surface area (Å²) in [6, 6.07) is 2.34. The zero-order valence-corrected chi connectivity index (χ0v) is 13.9. The van der Waals surface area contributed by atoms with Gasteiger partial charge in [-0.2, -0.15) is 4.31 Å². The Labute approximate surface area is 138 Å². The van der Waals surface area contributed by atoms with Crippen molar-refractivity contribution in [2.75, 3.05) is 19.6 Å². The van der Waals surface area contributed by atoms with Gasteiger partial charge in [0.05, 0.1) is 4.92 Å². The summed E-state index contributed by atoms with van der Waals surface area (Å²) in [5, 5.41) is 23.9. The number of hydrogen-bond acceptors (Lipinski definition) is 6. The van der Waals surface area contributed by atoms with Crippen LogP contribution in [0.4, 0.5) is 5.69 Å². The highest BCUT2D eigenvalue weighted by atomic mass is 35.5. The minimum absolute atomic E-state index is 0. The van der Waals surface area contributed by atoms with Crippen LogP contribution in [-0.2, 0) is 10.0 Å². The lowest BCUT2D eigenvalue weighted by molar-refractivity contribution is -0.387. The fraction of sp³-hybridized carbons (Fsp3) is 0.455. The number of nitrogens with one attached hydrogen (secondary N) is 1. The van der Waals surface area contributed by atoms with E-state index in [1.807, 2.05) is 0 Å². The fourth-order valence-corrected chi connectivity index (χ4v) is 4.34. The summed E-state index contributed by atoms with van der Waals surface area (Å²) in [6.45, 7) is 1.89. The average molecular weight is 372 g/mol. The molecule has 0 aliphatic carbocycles. The van der Waals surface area contributed by atoms with Crippen LogP contribution in [0.2, 0.25) is 5.02 Å². The van der Waals surface area contributed by atoms with Crippen LogP contribution in [0, 0.1) is 17.0 Å². The Balaban J connectivity index is 0.00000242. The quantitative estimate of drug-likeness (QED) is 0.602. The van der Waals surface area contributed by atoms with Gasteiger partial charge in [-0.15, -0.1) is 12.4 Å². The molecule has 1 aromatic rings. The monoisotopic (exact) mass is 371 g/mol. The Morgan fingerprint density at radius 1 is 1.50 bits per heavy atom. The number of rotatable bonds is 3. The normalized spacial score (nSPS) is 19.5. The summed E-state index contributed by atoms with van der Waals surface area (Å²) in [7, 11) is -4.19. The van der Waals surface area contributed by atoms with Crippen molar-refractivity contribution < 1.29 is 18.4 Å². The molecule has 0 saturated carbocycles. The molecule has 2 rings (SSSR count). The van der Waals surface area contributed by atoms with Gasteiger partial charge in [0.15, 0.2) is 4.90 Å². The zero-order valence-electron chi connectivity index (χ0n) is 11.5. The molecule has 0 amide bonds. The Hall–Kier alpha value is -0.970. The third-order valence-corrected chi connectivity index (χ3v) is 5.46. The summed E-state index contributed by atoms with van der Waals surface area (Å²) in [6.07, 6.45) is -1.27. The van der Waals surface area contributed by atoms with Crippen molar-refractivity contribution in [2.24, 2.45) is 0 Å². The maximum atomic E-state index is 12.6. The van der Waals surface area contributed by atoms with Gasteiger partial charge in [0.25, 0.3) is 15.7 Å². The second-order valence-corrected chi connectivity index (χ2v) is 6.89. The lowest BCUT2D eigenvalue weighted by atomic mass is 10.2. The van der Waals surface area contributed by atoms with Crippen molar-refractivity contribution in [2.45, 2.75) is 18.0 Å². The van der Waals surface area contributed by atoms with E-state index in [1.54, 1.807) is 0 Å². The van der Waals surface area contributed by atoms with E-state index < -0.39 is 31.8 Å². The second kappa shape index (κ2) is 7.07. The van der Waals surface area contributed by atoms with Gasteiger partial charge in [0, 0.05) is 30.7 Å². The van der Waals surface area contributed by atoms with Gasteiger partial charge >= 0.3 is 0 Å². The van der Waals surface area contributed by atoms with E-state index >= 15 is 0 Å². The predicted octanol–water partition coefficient (Wildman–Crippen LogP) is 0.891. The number of piperazine rings is 1. The molecular weight excluding hydrogens is 357 g/mol. The number of nitro groups is 1. The number of halogens is 2. The molecule has 124 valence electrons. The van der Waals surface area contributed by atoms with Crippen molar-refractivity contribution in [3.05, 3.63) is 32.8 Å². The molecule has 1 saturated heterocycles. The number of benzene rings is 1. The van der Waals surface area contributed by atoms with Crippen LogP contribution in [0.15, 0.2) is 17.0 Å². The molecular formula is C11H15Cl2N3O5S. The molecule has 22 heavy (non-hydrogen) atoms. The smallest absolute Gasteiger partial charge is 0.291 e. The van der Waals surface area contributed by atoms with Gasteiger partial charge < -0.3 is 10.4 Å². The first-order valence-corrected chi connectivity index (χ1v) is 7.92. The van der Waals surface area contributed by atoms with Gasteiger partial charge in [0.1, 0.15) is 6.23 Å².